The lowest BCUT2D eigenvalue weighted by molar-refractivity contribution is 0.0952. The molecule has 7 heteroatoms. The molecule has 0 aliphatic carbocycles. The number of sulfone groups is 1. The van der Waals surface area contributed by atoms with Gasteiger partial charge in [0.2, 0.25) is 9.84 Å². The van der Waals surface area contributed by atoms with Crippen molar-refractivity contribution in [3.8, 4) is 0 Å². The average molecular weight is 361 g/mol. The number of benzene rings is 1. The van der Waals surface area contributed by atoms with E-state index in [0.29, 0.717) is 10.6 Å². The number of rotatable bonds is 5. The molecule has 2 aromatic heterocycles. The first kappa shape index (κ1) is 16.5. The van der Waals surface area contributed by atoms with Gasteiger partial charge in [-0.25, -0.2) is 8.42 Å². The second-order valence-electron chi connectivity index (χ2n) is 5.13. The Morgan fingerprint density at radius 3 is 2.50 bits per heavy atom. The van der Waals surface area contributed by atoms with Crippen LogP contribution in [0.5, 0.6) is 0 Å². The van der Waals surface area contributed by atoms with Crippen LogP contribution >= 0.6 is 11.3 Å². The number of thiophene rings is 1. The fourth-order valence-corrected chi connectivity index (χ4v) is 4.78. The summed E-state index contributed by atoms with van der Waals surface area (Å²) in [6, 6.07) is 14.7. The lowest BCUT2D eigenvalue weighted by Gasteiger charge is -2.02. The van der Waals surface area contributed by atoms with Crippen LogP contribution in [-0.4, -0.2) is 14.3 Å². The molecule has 1 N–H and O–H groups in total. The Bertz CT molecular complexity index is 955. The van der Waals surface area contributed by atoms with Gasteiger partial charge in [0, 0.05) is 0 Å². The molecule has 1 amide bonds. The molecule has 3 rings (SSSR count). The molecule has 24 heavy (non-hydrogen) atoms. The van der Waals surface area contributed by atoms with Crippen molar-refractivity contribution in [2.45, 2.75) is 22.6 Å². The lowest BCUT2D eigenvalue weighted by atomic mass is 10.4. The fraction of sp³-hybridized carbons (Fsp3) is 0.118. The zero-order valence-corrected chi connectivity index (χ0v) is 14.5. The molecule has 0 saturated carbocycles. The molecule has 0 bridgehead atoms. The topological polar surface area (TPSA) is 76.4 Å². The molecule has 0 aliphatic heterocycles. The SMILES string of the molecule is Cc1ccc(CNC(=O)c2ccc(S(=O)(=O)c3ccccc3)s2)o1. The smallest absolute Gasteiger partial charge is 0.261 e. The van der Waals surface area contributed by atoms with Gasteiger partial charge in [0.25, 0.3) is 5.91 Å². The lowest BCUT2D eigenvalue weighted by Crippen LogP contribution is -2.21. The van der Waals surface area contributed by atoms with Gasteiger partial charge in [0.1, 0.15) is 15.7 Å². The van der Waals surface area contributed by atoms with Crippen molar-refractivity contribution in [2.24, 2.45) is 0 Å². The maximum absolute atomic E-state index is 12.5. The Hall–Kier alpha value is -2.38. The Kier molecular flexibility index (Phi) is 4.55. The second kappa shape index (κ2) is 6.62. The van der Waals surface area contributed by atoms with E-state index in [2.05, 4.69) is 5.32 Å². The average Bonchev–Trinajstić information content (AvgIpc) is 3.23. The third-order valence-electron chi connectivity index (χ3n) is 3.34. The molecule has 0 spiro atoms. The highest BCUT2D eigenvalue weighted by Crippen LogP contribution is 2.27. The standard InChI is InChI=1S/C17H15NO4S2/c1-12-7-8-13(22-12)11-18-17(19)15-9-10-16(23-15)24(20,21)14-5-3-2-4-6-14/h2-10H,11H2,1H3,(H,18,19). The molecule has 0 saturated heterocycles. The predicted octanol–water partition coefficient (Wildman–Crippen LogP) is 3.41. The van der Waals surface area contributed by atoms with E-state index in [1.54, 1.807) is 24.3 Å². The van der Waals surface area contributed by atoms with E-state index in [4.69, 9.17) is 4.42 Å². The van der Waals surface area contributed by atoms with Crippen molar-refractivity contribution in [2.75, 3.05) is 0 Å². The number of nitrogens with one attached hydrogen (secondary N) is 1. The molecule has 0 atom stereocenters. The zero-order chi connectivity index (χ0) is 17.2. The van der Waals surface area contributed by atoms with Crippen molar-refractivity contribution in [1.29, 1.82) is 0 Å². The maximum atomic E-state index is 12.5. The molecule has 0 radical (unpaired) electrons. The second-order valence-corrected chi connectivity index (χ2v) is 8.39. The van der Waals surface area contributed by atoms with Crippen LogP contribution in [0.15, 0.2) is 68.1 Å². The van der Waals surface area contributed by atoms with E-state index in [1.165, 1.54) is 24.3 Å². The molecule has 2 heterocycles. The molecule has 0 unspecified atom stereocenters. The van der Waals surface area contributed by atoms with Gasteiger partial charge >= 0.3 is 0 Å². The van der Waals surface area contributed by atoms with E-state index >= 15 is 0 Å². The number of aryl methyl sites for hydroxylation is 1. The van der Waals surface area contributed by atoms with Crippen molar-refractivity contribution in [3.63, 3.8) is 0 Å². The van der Waals surface area contributed by atoms with Crippen molar-refractivity contribution >= 4 is 27.1 Å². The first-order valence-electron chi connectivity index (χ1n) is 7.20. The third-order valence-corrected chi connectivity index (χ3v) is 6.69. The minimum absolute atomic E-state index is 0.146. The van der Waals surface area contributed by atoms with Crippen LogP contribution in [0.3, 0.4) is 0 Å². The Balaban J connectivity index is 1.74. The minimum Gasteiger partial charge on any atom is -0.465 e. The highest BCUT2D eigenvalue weighted by molar-refractivity contribution is 7.93. The van der Waals surface area contributed by atoms with E-state index in [-0.39, 0.29) is 21.6 Å². The van der Waals surface area contributed by atoms with Gasteiger partial charge in [-0.15, -0.1) is 11.3 Å². The highest BCUT2D eigenvalue weighted by Gasteiger charge is 2.21. The molecule has 0 fully saturated rings. The minimum atomic E-state index is -3.60. The summed E-state index contributed by atoms with van der Waals surface area (Å²) in [5.41, 5.74) is 0. The first-order chi connectivity index (χ1) is 11.5. The van der Waals surface area contributed by atoms with Gasteiger partial charge < -0.3 is 9.73 Å². The van der Waals surface area contributed by atoms with Gasteiger partial charge in [-0.05, 0) is 43.3 Å². The number of furan rings is 1. The van der Waals surface area contributed by atoms with Crippen LogP contribution in [0.4, 0.5) is 0 Å². The van der Waals surface area contributed by atoms with Crippen LogP contribution in [0, 0.1) is 6.92 Å². The summed E-state index contributed by atoms with van der Waals surface area (Å²) in [7, 11) is -3.60. The summed E-state index contributed by atoms with van der Waals surface area (Å²) < 4.78 is 30.6. The Labute approximate surface area is 143 Å². The van der Waals surface area contributed by atoms with Gasteiger partial charge in [-0.3, -0.25) is 4.79 Å². The maximum Gasteiger partial charge on any atom is 0.261 e. The largest absolute Gasteiger partial charge is 0.465 e. The monoisotopic (exact) mass is 361 g/mol. The van der Waals surface area contributed by atoms with E-state index in [9.17, 15) is 13.2 Å². The zero-order valence-electron chi connectivity index (χ0n) is 12.9. The normalized spacial score (nSPS) is 11.4. The molecule has 1 aromatic carbocycles. The van der Waals surface area contributed by atoms with Crippen LogP contribution in [0.1, 0.15) is 21.2 Å². The van der Waals surface area contributed by atoms with Gasteiger partial charge in [-0.2, -0.15) is 0 Å². The number of carbonyl (C=O) groups is 1. The Morgan fingerprint density at radius 1 is 1.08 bits per heavy atom. The molecule has 5 nitrogen and oxygen atoms in total. The number of hydrogen-bond donors (Lipinski definition) is 1. The summed E-state index contributed by atoms with van der Waals surface area (Å²) in [5.74, 6) is 1.09. The molecule has 0 aliphatic rings. The van der Waals surface area contributed by atoms with E-state index in [0.717, 1.165) is 17.1 Å². The van der Waals surface area contributed by atoms with E-state index < -0.39 is 9.84 Å². The van der Waals surface area contributed by atoms with Gasteiger partial charge in [-0.1, -0.05) is 18.2 Å². The summed E-state index contributed by atoms with van der Waals surface area (Å²) in [6.45, 7) is 2.08. The summed E-state index contributed by atoms with van der Waals surface area (Å²) in [4.78, 5) is 12.7. The highest BCUT2D eigenvalue weighted by atomic mass is 32.2. The van der Waals surface area contributed by atoms with Crippen molar-refractivity contribution < 1.29 is 17.6 Å². The van der Waals surface area contributed by atoms with Crippen molar-refractivity contribution in [1.82, 2.24) is 5.32 Å². The first-order valence-corrected chi connectivity index (χ1v) is 9.50. The molecule has 124 valence electrons. The summed E-state index contributed by atoms with van der Waals surface area (Å²) in [6.07, 6.45) is 0. The van der Waals surface area contributed by atoms with Crippen molar-refractivity contribution in [3.05, 3.63) is 71.0 Å². The van der Waals surface area contributed by atoms with Gasteiger partial charge in [0.15, 0.2) is 0 Å². The number of carbonyl (C=O) groups excluding carboxylic acids is 1. The fourth-order valence-electron chi connectivity index (χ4n) is 2.14. The summed E-state index contributed by atoms with van der Waals surface area (Å²) >= 11 is 0.952. The number of hydrogen-bond acceptors (Lipinski definition) is 5. The number of amides is 1. The third kappa shape index (κ3) is 3.42. The Morgan fingerprint density at radius 2 is 1.83 bits per heavy atom. The summed E-state index contributed by atoms with van der Waals surface area (Å²) in [5, 5.41) is 2.72. The van der Waals surface area contributed by atoms with Crippen LogP contribution in [0.2, 0.25) is 0 Å². The van der Waals surface area contributed by atoms with Crippen LogP contribution in [0.25, 0.3) is 0 Å². The predicted molar refractivity (Wildman–Crippen MR) is 90.8 cm³/mol. The molecular formula is C17H15NO4S2. The quantitative estimate of drug-likeness (QED) is 0.755. The molecule has 3 aromatic rings. The van der Waals surface area contributed by atoms with Gasteiger partial charge in [0.05, 0.1) is 16.3 Å². The van der Waals surface area contributed by atoms with Crippen LogP contribution in [-0.2, 0) is 16.4 Å². The van der Waals surface area contributed by atoms with E-state index in [1.807, 2.05) is 13.0 Å². The molecular weight excluding hydrogens is 346 g/mol. The van der Waals surface area contributed by atoms with Crippen LogP contribution < -0.4 is 5.32 Å².